The molecular formula is C7H14N2. The molecule has 2 heteroatoms. The van der Waals surface area contributed by atoms with Crippen LogP contribution in [-0.4, -0.2) is 6.72 Å². The van der Waals surface area contributed by atoms with Crippen molar-refractivity contribution in [2.45, 2.75) is 20.8 Å². The number of hydrogen-bond donors (Lipinski definition) is 1. The van der Waals surface area contributed by atoms with Crippen LogP contribution in [-0.2, 0) is 0 Å². The van der Waals surface area contributed by atoms with Gasteiger partial charge in [-0.25, -0.2) is 0 Å². The lowest BCUT2D eigenvalue weighted by Gasteiger charge is -2.02. The molecule has 0 heterocycles. The van der Waals surface area contributed by atoms with Gasteiger partial charge < -0.3 is 0 Å². The lowest BCUT2D eigenvalue weighted by molar-refractivity contribution is 0.752. The first kappa shape index (κ1) is 8.21. The van der Waals surface area contributed by atoms with Crippen LogP contribution >= 0.6 is 0 Å². The van der Waals surface area contributed by atoms with Crippen LogP contribution in [0.1, 0.15) is 20.8 Å². The van der Waals surface area contributed by atoms with Crippen LogP contribution in [0.3, 0.4) is 0 Å². The Labute approximate surface area is 56.7 Å². The van der Waals surface area contributed by atoms with E-state index in [9.17, 15) is 0 Å². The van der Waals surface area contributed by atoms with Gasteiger partial charge in [-0.2, -0.15) is 5.10 Å². The fourth-order valence-corrected chi connectivity index (χ4v) is 0.314. The van der Waals surface area contributed by atoms with Crippen LogP contribution in [0.5, 0.6) is 0 Å². The average Bonchev–Trinajstić information content (AvgIpc) is 1.82. The van der Waals surface area contributed by atoms with E-state index in [1.165, 1.54) is 5.57 Å². The molecule has 0 atom stereocenters. The molecule has 52 valence electrons. The Morgan fingerprint density at radius 3 is 2.56 bits per heavy atom. The van der Waals surface area contributed by atoms with Gasteiger partial charge in [0.1, 0.15) is 0 Å². The molecule has 0 radical (unpaired) electrons. The molecule has 0 saturated carbocycles. The van der Waals surface area contributed by atoms with Gasteiger partial charge in [-0.3, -0.25) is 5.43 Å². The summed E-state index contributed by atoms with van der Waals surface area (Å²) in [5.74, 6) is 0.583. The lowest BCUT2D eigenvalue weighted by atomic mass is 10.1. The molecule has 0 aromatic rings. The Morgan fingerprint density at radius 2 is 2.22 bits per heavy atom. The second-order valence-corrected chi connectivity index (χ2v) is 2.33. The third-order valence-electron chi connectivity index (χ3n) is 1.29. The summed E-state index contributed by atoms with van der Waals surface area (Å²) in [6.45, 7) is 9.62. The van der Waals surface area contributed by atoms with Gasteiger partial charge in [-0.1, -0.05) is 19.4 Å². The Kier molecular flexibility index (Phi) is 3.76. The van der Waals surface area contributed by atoms with E-state index >= 15 is 0 Å². The zero-order valence-electron chi connectivity index (χ0n) is 6.31. The Hall–Kier alpha value is -0.790. The van der Waals surface area contributed by atoms with E-state index in [1.54, 1.807) is 0 Å². The van der Waals surface area contributed by atoms with Crippen LogP contribution in [0.4, 0.5) is 0 Å². The minimum atomic E-state index is 0.583. The van der Waals surface area contributed by atoms with Gasteiger partial charge in [0, 0.05) is 12.9 Å². The fraction of sp³-hybridized carbons (Fsp3) is 0.571. The molecule has 0 aliphatic rings. The molecule has 0 aromatic carbocycles. The minimum Gasteiger partial charge on any atom is -0.286 e. The topological polar surface area (TPSA) is 24.4 Å². The van der Waals surface area contributed by atoms with E-state index in [1.807, 2.05) is 6.20 Å². The minimum absolute atomic E-state index is 0.583. The van der Waals surface area contributed by atoms with Crippen molar-refractivity contribution >= 4 is 6.72 Å². The first-order valence-electron chi connectivity index (χ1n) is 3.06. The van der Waals surface area contributed by atoms with Gasteiger partial charge in [0.05, 0.1) is 0 Å². The standard InChI is InChI=1S/C7H14N2/c1-6(2)7(3)5-9-8-4/h5-6,9H,4H2,1-3H3/b7-5-. The van der Waals surface area contributed by atoms with Crippen molar-refractivity contribution in [3.05, 3.63) is 11.8 Å². The van der Waals surface area contributed by atoms with Gasteiger partial charge in [0.25, 0.3) is 0 Å². The van der Waals surface area contributed by atoms with Gasteiger partial charge in [0.2, 0.25) is 0 Å². The molecule has 2 nitrogen and oxygen atoms in total. The Balaban J connectivity index is 3.68. The molecule has 0 spiro atoms. The predicted molar refractivity (Wildman–Crippen MR) is 41.3 cm³/mol. The highest BCUT2D eigenvalue weighted by atomic mass is 15.3. The molecule has 0 unspecified atom stereocenters. The molecule has 0 rings (SSSR count). The molecule has 1 N–H and O–H groups in total. The number of allylic oxidation sites excluding steroid dienone is 1. The maximum atomic E-state index is 3.48. The SMILES string of the molecule is C=NN/C=C(/C)C(C)C. The first-order chi connectivity index (χ1) is 4.18. The van der Waals surface area contributed by atoms with E-state index in [-0.39, 0.29) is 0 Å². The summed E-state index contributed by atoms with van der Waals surface area (Å²) >= 11 is 0. The number of rotatable bonds is 3. The summed E-state index contributed by atoms with van der Waals surface area (Å²) in [7, 11) is 0. The van der Waals surface area contributed by atoms with E-state index < -0.39 is 0 Å². The van der Waals surface area contributed by atoms with Gasteiger partial charge in [0.15, 0.2) is 0 Å². The van der Waals surface area contributed by atoms with Crippen LogP contribution in [0.15, 0.2) is 16.9 Å². The summed E-state index contributed by atoms with van der Waals surface area (Å²) in [5.41, 5.74) is 3.96. The van der Waals surface area contributed by atoms with E-state index in [0.29, 0.717) is 5.92 Å². The second-order valence-electron chi connectivity index (χ2n) is 2.33. The molecule has 0 aliphatic carbocycles. The largest absolute Gasteiger partial charge is 0.286 e. The van der Waals surface area contributed by atoms with Crippen molar-refractivity contribution in [3.63, 3.8) is 0 Å². The molecule has 0 fully saturated rings. The number of hydrazone groups is 1. The average molecular weight is 126 g/mol. The highest BCUT2D eigenvalue weighted by molar-refractivity contribution is 5.22. The van der Waals surface area contributed by atoms with Crippen LogP contribution < -0.4 is 5.43 Å². The maximum absolute atomic E-state index is 3.48. The normalized spacial score (nSPS) is 11.8. The van der Waals surface area contributed by atoms with Crippen molar-refractivity contribution in [2.24, 2.45) is 11.0 Å². The van der Waals surface area contributed by atoms with Crippen molar-refractivity contribution in [1.82, 2.24) is 5.43 Å². The Bertz CT molecular complexity index is 114. The van der Waals surface area contributed by atoms with E-state index in [4.69, 9.17) is 0 Å². The molecule has 0 amide bonds. The lowest BCUT2D eigenvalue weighted by Crippen LogP contribution is -1.97. The first-order valence-corrected chi connectivity index (χ1v) is 3.06. The quantitative estimate of drug-likeness (QED) is 0.452. The van der Waals surface area contributed by atoms with Crippen LogP contribution in [0.2, 0.25) is 0 Å². The summed E-state index contributed by atoms with van der Waals surface area (Å²) in [5, 5.41) is 3.48. The van der Waals surface area contributed by atoms with Crippen molar-refractivity contribution < 1.29 is 0 Å². The fourth-order valence-electron chi connectivity index (χ4n) is 0.314. The summed E-state index contributed by atoms with van der Waals surface area (Å²) in [4.78, 5) is 0. The molecule has 0 bridgehead atoms. The molecule has 0 saturated heterocycles. The zero-order chi connectivity index (χ0) is 7.28. The van der Waals surface area contributed by atoms with Gasteiger partial charge >= 0.3 is 0 Å². The smallest absolute Gasteiger partial charge is 0.0191 e. The van der Waals surface area contributed by atoms with Crippen LogP contribution in [0, 0.1) is 5.92 Å². The molecular weight excluding hydrogens is 112 g/mol. The molecule has 0 aromatic heterocycles. The predicted octanol–water partition coefficient (Wildman–Crippen LogP) is 1.75. The number of nitrogens with zero attached hydrogens (tertiary/aromatic N) is 1. The highest BCUT2D eigenvalue weighted by Crippen LogP contribution is 2.05. The van der Waals surface area contributed by atoms with Crippen molar-refractivity contribution in [1.29, 1.82) is 0 Å². The van der Waals surface area contributed by atoms with E-state index in [2.05, 4.69) is 38.0 Å². The summed E-state index contributed by atoms with van der Waals surface area (Å²) < 4.78 is 0. The highest BCUT2D eigenvalue weighted by Gasteiger charge is 1.92. The third-order valence-corrected chi connectivity index (χ3v) is 1.29. The molecule has 0 aliphatic heterocycles. The zero-order valence-corrected chi connectivity index (χ0v) is 6.31. The van der Waals surface area contributed by atoms with Crippen LogP contribution in [0.25, 0.3) is 0 Å². The monoisotopic (exact) mass is 126 g/mol. The van der Waals surface area contributed by atoms with Crippen molar-refractivity contribution in [3.8, 4) is 0 Å². The number of nitrogens with one attached hydrogen (secondary N) is 1. The summed E-state index contributed by atoms with van der Waals surface area (Å²) in [6, 6.07) is 0. The maximum Gasteiger partial charge on any atom is 0.0191 e. The summed E-state index contributed by atoms with van der Waals surface area (Å²) in [6.07, 6.45) is 1.86. The van der Waals surface area contributed by atoms with Crippen molar-refractivity contribution in [2.75, 3.05) is 0 Å². The van der Waals surface area contributed by atoms with Gasteiger partial charge in [-0.15, -0.1) is 0 Å². The number of hydrogen-bond acceptors (Lipinski definition) is 2. The molecule has 9 heavy (non-hydrogen) atoms. The Morgan fingerprint density at radius 1 is 1.67 bits per heavy atom. The van der Waals surface area contributed by atoms with E-state index in [0.717, 1.165) is 0 Å². The van der Waals surface area contributed by atoms with Gasteiger partial charge in [-0.05, 0) is 12.8 Å². The second kappa shape index (κ2) is 4.13. The third kappa shape index (κ3) is 3.76.